The van der Waals surface area contributed by atoms with Crippen molar-refractivity contribution in [2.75, 3.05) is 13.2 Å². The third-order valence-corrected chi connectivity index (χ3v) is 6.46. The Labute approximate surface area is 205 Å². The highest BCUT2D eigenvalue weighted by atomic mass is 16.7. The van der Waals surface area contributed by atoms with Crippen molar-refractivity contribution in [3.05, 3.63) is 0 Å². The lowest BCUT2D eigenvalue weighted by molar-refractivity contribution is -0.373. The number of hydrogen-bond donors (Lipinski definition) is 10. The Morgan fingerprint density at radius 1 is 0.722 bits per heavy atom. The maximum atomic E-state index is 11.5. The van der Waals surface area contributed by atoms with Crippen LogP contribution in [0, 0.1) is 0 Å². The fourth-order valence-corrected chi connectivity index (χ4v) is 4.40. The van der Waals surface area contributed by atoms with E-state index in [0.717, 1.165) is 6.92 Å². The minimum Gasteiger partial charge on any atom is -0.394 e. The molecule has 0 aromatic rings. The Kier molecular flexibility index (Phi) is 9.97. The number of rotatable bonds is 7. The van der Waals surface area contributed by atoms with Gasteiger partial charge < -0.3 is 75.0 Å². The van der Waals surface area contributed by atoms with Crippen molar-refractivity contribution >= 4 is 5.91 Å². The van der Waals surface area contributed by atoms with E-state index in [0.29, 0.717) is 0 Å². The van der Waals surface area contributed by atoms with Gasteiger partial charge in [0.15, 0.2) is 18.9 Å². The van der Waals surface area contributed by atoms with E-state index in [-0.39, 0.29) is 0 Å². The molecule has 36 heavy (non-hydrogen) atoms. The van der Waals surface area contributed by atoms with Crippen molar-refractivity contribution in [2.24, 2.45) is 0 Å². The van der Waals surface area contributed by atoms with Crippen LogP contribution in [-0.2, 0) is 28.5 Å². The molecule has 0 radical (unpaired) electrons. The molecule has 210 valence electrons. The Bertz CT molecular complexity index is 731. The minimum absolute atomic E-state index is 0.610. The van der Waals surface area contributed by atoms with Crippen LogP contribution in [0.5, 0.6) is 0 Å². The molecule has 0 spiro atoms. The summed E-state index contributed by atoms with van der Waals surface area (Å²) in [6.07, 6.45) is -21.9. The number of aliphatic hydroxyl groups is 9. The number of nitrogens with one attached hydrogen (secondary N) is 1. The molecule has 3 aliphatic rings. The van der Waals surface area contributed by atoms with E-state index >= 15 is 0 Å². The van der Waals surface area contributed by atoms with Crippen molar-refractivity contribution in [3.63, 3.8) is 0 Å². The van der Waals surface area contributed by atoms with Gasteiger partial charge in [0.25, 0.3) is 0 Å². The van der Waals surface area contributed by atoms with E-state index in [9.17, 15) is 50.8 Å². The highest BCUT2D eigenvalue weighted by Gasteiger charge is 2.53. The van der Waals surface area contributed by atoms with Crippen LogP contribution in [0.15, 0.2) is 0 Å². The van der Waals surface area contributed by atoms with Gasteiger partial charge in [-0.3, -0.25) is 4.79 Å². The Morgan fingerprint density at radius 3 is 1.89 bits per heavy atom. The molecule has 3 fully saturated rings. The summed E-state index contributed by atoms with van der Waals surface area (Å²) in [5, 5.41) is 94.0. The van der Waals surface area contributed by atoms with E-state index in [1.807, 2.05) is 0 Å². The average molecular weight is 529 g/mol. The fraction of sp³-hybridized carbons (Fsp3) is 0.950. The molecule has 3 saturated heterocycles. The predicted octanol–water partition coefficient (Wildman–Crippen LogP) is -6.40. The zero-order valence-corrected chi connectivity index (χ0v) is 19.5. The molecule has 1 amide bonds. The van der Waals surface area contributed by atoms with Crippen LogP contribution in [0.3, 0.4) is 0 Å². The molecule has 16 heteroatoms. The van der Waals surface area contributed by atoms with Crippen LogP contribution < -0.4 is 5.32 Å². The highest BCUT2D eigenvalue weighted by molar-refractivity contribution is 5.73. The Balaban J connectivity index is 1.79. The van der Waals surface area contributed by atoms with Crippen molar-refractivity contribution in [2.45, 2.75) is 106 Å². The smallest absolute Gasteiger partial charge is 0.217 e. The molecular formula is C20H35NO15. The predicted molar refractivity (Wildman–Crippen MR) is 111 cm³/mol. The van der Waals surface area contributed by atoms with Gasteiger partial charge in [0.05, 0.1) is 19.3 Å². The van der Waals surface area contributed by atoms with Gasteiger partial charge in [0.1, 0.15) is 67.1 Å². The van der Waals surface area contributed by atoms with Crippen LogP contribution in [0.1, 0.15) is 13.8 Å². The largest absolute Gasteiger partial charge is 0.394 e. The quantitative estimate of drug-likeness (QED) is 0.147. The maximum absolute atomic E-state index is 11.5. The van der Waals surface area contributed by atoms with Gasteiger partial charge in [-0.05, 0) is 6.92 Å². The summed E-state index contributed by atoms with van der Waals surface area (Å²) in [4.78, 5) is 11.5. The average Bonchev–Trinajstić information content (AvgIpc) is 2.83. The number of carbonyl (C=O) groups excluding carboxylic acids is 1. The fourth-order valence-electron chi connectivity index (χ4n) is 4.40. The second kappa shape index (κ2) is 12.2. The molecule has 15 atom stereocenters. The zero-order chi connectivity index (χ0) is 26.9. The van der Waals surface area contributed by atoms with Gasteiger partial charge in [-0.2, -0.15) is 0 Å². The Morgan fingerprint density at radius 2 is 1.31 bits per heavy atom. The maximum Gasteiger partial charge on any atom is 0.217 e. The molecular weight excluding hydrogens is 494 g/mol. The van der Waals surface area contributed by atoms with Crippen LogP contribution in [0.4, 0.5) is 0 Å². The van der Waals surface area contributed by atoms with Gasteiger partial charge in [-0.25, -0.2) is 0 Å². The van der Waals surface area contributed by atoms with Crippen molar-refractivity contribution in [1.82, 2.24) is 5.32 Å². The lowest BCUT2D eigenvalue weighted by Crippen LogP contribution is -2.68. The van der Waals surface area contributed by atoms with Crippen molar-refractivity contribution < 1.29 is 74.4 Å². The Hall–Kier alpha value is -1.09. The second-order valence-electron chi connectivity index (χ2n) is 9.05. The summed E-state index contributed by atoms with van der Waals surface area (Å²) in [5.74, 6) is -0.610. The van der Waals surface area contributed by atoms with E-state index in [1.54, 1.807) is 0 Å². The summed E-state index contributed by atoms with van der Waals surface area (Å²) >= 11 is 0. The first-order valence-corrected chi connectivity index (χ1v) is 11.4. The number of carbonyl (C=O) groups is 1. The molecule has 16 nitrogen and oxygen atoms in total. The van der Waals surface area contributed by atoms with E-state index in [1.165, 1.54) is 6.92 Å². The summed E-state index contributed by atoms with van der Waals surface area (Å²) in [5.41, 5.74) is 0. The highest BCUT2D eigenvalue weighted by Crippen LogP contribution is 2.32. The molecule has 3 heterocycles. The summed E-state index contributed by atoms with van der Waals surface area (Å²) < 4.78 is 27.1. The summed E-state index contributed by atoms with van der Waals surface area (Å²) in [6.45, 7) is 1.00. The van der Waals surface area contributed by atoms with E-state index in [4.69, 9.17) is 23.7 Å². The second-order valence-corrected chi connectivity index (χ2v) is 9.05. The normalized spacial score (nSPS) is 50.0. The number of hydrogen-bond acceptors (Lipinski definition) is 15. The third-order valence-electron chi connectivity index (χ3n) is 6.46. The molecule has 10 N–H and O–H groups in total. The summed E-state index contributed by atoms with van der Waals surface area (Å²) in [7, 11) is 0. The van der Waals surface area contributed by atoms with Crippen LogP contribution in [0.2, 0.25) is 0 Å². The SMILES string of the molecule is CC(=O)N[C@@H]1[C@@H](O)[C@H](O[C@@H]2O[C@H](CO)[C@H](O)[C@H](O[C@@H]3O[C@@H](C)[C@@H](O)[C@@H](O)[C@@H]3O)[C@H]2O)[C@@H](CO)O[C@H]1O. The van der Waals surface area contributed by atoms with Crippen LogP contribution in [-0.4, -0.2) is 157 Å². The van der Waals surface area contributed by atoms with Gasteiger partial charge in [-0.15, -0.1) is 0 Å². The lowest BCUT2D eigenvalue weighted by Gasteiger charge is -2.48. The lowest BCUT2D eigenvalue weighted by atomic mass is 9.95. The first kappa shape index (κ1) is 29.5. The molecule has 3 rings (SSSR count). The molecule has 0 unspecified atom stereocenters. The molecule has 0 aromatic heterocycles. The molecule has 3 aliphatic heterocycles. The molecule has 0 aliphatic carbocycles. The zero-order valence-electron chi connectivity index (χ0n) is 19.5. The van der Waals surface area contributed by atoms with Crippen molar-refractivity contribution in [3.8, 4) is 0 Å². The number of ether oxygens (including phenoxy) is 5. The first-order chi connectivity index (χ1) is 16.9. The van der Waals surface area contributed by atoms with Crippen LogP contribution >= 0.6 is 0 Å². The van der Waals surface area contributed by atoms with Crippen molar-refractivity contribution in [1.29, 1.82) is 0 Å². The third kappa shape index (κ3) is 5.97. The molecule has 0 saturated carbocycles. The minimum atomic E-state index is -1.85. The van der Waals surface area contributed by atoms with E-state index in [2.05, 4.69) is 5.32 Å². The van der Waals surface area contributed by atoms with Gasteiger partial charge in [0.2, 0.25) is 5.91 Å². The number of amides is 1. The summed E-state index contributed by atoms with van der Waals surface area (Å²) in [6, 6.07) is -1.37. The molecule has 0 aromatic carbocycles. The monoisotopic (exact) mass is 529 g/mol. The molecule has 0 bridgehead atoms. The van der Waals surface area contributed by atoms with Gasteiger partial charge >= 0.3 is 0 Å². The standard InChI is InChI=1S/C20H35NO15/c1-5-10(25)13(28)14(29)19(32-5)36-17-11(26)7(3-22)34-20(15(17)30)35-16-8(4-23)33-18(31)9(12(16)27)21-6(2)24/h5,7-20,22-23,25-31H,3-4H2,1-2H3,(H,21,24)/t5-,7+,8+,9+,10+,11-,12+,13+,14-,15+,16+,17-,18+,19-,20-/m0/s1. The van der Waals surface area contributed by atoms with Gasteiger partial charge in [-0.1, -0.05) is 0 Å². The van der Waals surface area contributed by atoms with Gasteiger partial charge in [0, 0.05) is 6.92 Å². The first-order valence-electron chi connectivity index (χ1n) is 11.4. The number of aliphatic hydroxyl groups excluding tert-OH is 9. The topological polar surface area (TPSA) is 257 Å². The van der Waals surface area contributed by atoms with Crippen LogP contribution in [0.25, 0.3) is 0 Å². The van der Waals surface area contributed by atoms with E-state index < -0.39 is 111 Å².